The highest BCUT2D eigenvalue weighted by molar-refractivity contribution is 6.30. The molecule has 0 aliphatic carbocycles. The molecular formula is C37H34Cl2FN3O3. The Balaban J connectivity index is 0.00000480. The van der Waals surface area contributed by atoms with E-state index in [1.807, 2.05) is 73.7 Å². The zero-order chi connectivity index (χ0) is 31.8. The van der Waals surface area contributed by atoms with Gasteiger partial charge < -0.3 is 15.8 Å². The van der Waals surface area contributed by atoms with E-state index in [1.165, 1.54) is 6.07 Å². The predicted molar refractivity (Wildman–Crippen MR) is 184 cm³/mol. The summed E-state index contributed by atoms with van der Waals surface area (Å²) in [6.07, 6.45) is 0.393. The minimum absolute atomic E-state index is 0. The van der Waals surface area contributed by atoms with Crippen molar-refractivity contribution >= 4 is 35.8 Å². The van der Waals surface area contributed by atoms with Crippen LogP contribution in [0.1, 0.15) is 34.8 Å². The van der Waals surface area contributed by atoms with Gasteiger partial charge in [-0.05, 0) is 71.1 Å². The Bertz CT molecular complexity index is 1820. The van der Waals surface area contributed by atoms with Crippen LogP contribution in [-0.2, 0) is 17.9 Å². The van der Waals surface area contributed by atoms with Crippen molar-refractivity contribution < 1.29 is 18.7 Å². The molecule has 6 nitrogen and oxygen atoms in total. The first-order valence-electron chi connectivity index (χ1n) is 14.6. The van der Waals surface area contributed by atoms with E-state index in [0.29, 0.717) is 46.2 Å². The number of imide groups is 1. The first kappa shape index (κ1) is 34.3. The Morgan fingerprint density at radius 3 is 2.35 bits per heavy atom. The number of carbonyl (C=O) groups excluding carboxylic acids is 2. The second-order valence-electron chi connectivity index (χ2n) is 10.5. The fraction of sp³-hybridized carbons (Fsp3) is 0.135. The summed E-state index contributed by atoms with van der Waals surface area (Å²) in [6.45, 7) is 2.31. The van der Waals surface area contributed by atoms with Crippen molar-refractivity contribution in [2.75, 3.05) is 0 Å². The minimum Gasteiger partial charge on any atom is -0.457 e. The lowest BCUT2D eigenvalue weighted by molar-refractivity contribution is -0.122. The molecule has 5 aromatic carbocycles. The van der Waals surface area contributed by atoms with Gasteiger partial charge in [0, 0.05) is 40.9 Å². The standard InChI is InChI=1S/C37H33ClFN3O3.ClH/c1-2-34(41-23-27-12-6-7-14-33(27)39)37(44)42-36(43)31-17-15-26(25-10-4-3-5-11-25)20-32(31)30-18-16-28(38)21-35(30)45-29-13-8-9-24(19-29)22-40;/h3-21,34,41H,2,22-23,40H2,1H3,(H,42,43,44);1H. The van der Waals surface area contributed by atoms with Crippen molar-refractivity contribution in [2.24, 2.45) is 5.73 Å². The Morgan fingerprint density at radius 1 is 0.848 bits per heavy atom. The van der Waals surface area contributed by atoms with Crippen LogP contribution in [-0.4, -0.2) is 17.9 Å². The topological polar surface area (TPSA) is 93.5 Å². The van der Waals surface area contributed by atoms with Crippen molar-refractivity contribution in [3.8, 4) is 33.8 Å². The number of amides is 2. The van der Waals surface area contributed by atoms with Gasteiger partial charge in [-0.1, -0.05) is 85.3 Å². The molecule has 0 saturated carbocycles. The molecule has 46 heavy (non-hydrogen) atoms. The molecule has 0 bridgehead atoms. The van der Waals surface area contributed by atoms with Gasteiger partial charge in [-0.25, -0.2) is 4.39 Å². The number of nitrogens with one attached hydrogen (secondary N) is 2. The second-order valence-corrected chi connectivity index (χ2v) is 10.9. The molecule has 0 aliphatic heterocycles. The molecule has 9 heteroatoms. The highest BCUT2D eigenvalue weighted by Crippen LogP contribution is 2.39. The molecule has 0 fully saturated rings. The molecule has 4 N–H and O–H groups in total. The van der Waals surface area contributed by atoms with Gasteiger partial charge in [0.05, 0.1) is 6.04 Å². The Labute approximate surface area is 279 Å². The summed E-state index contributed by atoms with van der Waals surface area (Å²) < 4.78 is 20.5. The molecular weight excluding hydrogens is 624 g/mol. The maximum atomic E-state index is 14.2. The number of ether oxygens (including phenoxy) is 1. The number of hydrogen-bond donors (Lipinski definition) is 3. The van der Waals surface area contributed by atoms with Crippen LogP contribution in [0.3, 0.4) is 0 Å². The zero-order valence-electron chi connectivity index (χ0n) is 25.1. The zero-order valence-corrected chi connectivity index (χ0v) is 26.7. The third-order valence-corrected chi connectivity index (χ3v) is 7.66. The Kier molecular flexibility index (Phi) is 12.1. The molecule has 5 rings (SSSR count). The van der Waals surface area contributed by atoms with E-state index in [2.05, 4.69) is 10.6 Å². The Morgan fingerprint density at radius 2 is 1.61 bits per heavy atom. The Hall–Kier alpha value is -4.53. The van der Waals surface area contributed by atoms with Gasteiger partial charge in [-0.15, -0.1) is 12.4 Å². The molecule has 0 radical (unpaired) electrons. The lowest BCUT2D eigenvalue weighted by Gasteiger charge is -2.19. The van der Waals surface area contributed by atoms with Crippen LogP contribution in [0, 0.1) is 5.82 Å². The van der Waals surface area contributed by atoms with Gasteiger partial charge >= 0.3 is 0 Å². The lowest BCUT2D eigenvalue weighted by atomic mass is 9.93. The van der Waals surface area contributed by atoms with Crippen LogP contribution in [0.25, 0.3) is 22.3 Å². The van der Waals surface area contributed by atoms with Crippen LogP contribution in [0.15, 0.2) is 115 Å². The molecule has 1 unspecified atom stereocenters. The van der Waals surface area contributed by atoms with Crippen molar-refractivity contribution in [1.82, 2.24) is 10.6 Å². The normalized spacial score (nSPS) is 11.3. The van der Waals surface area contributed by atoms with Gasteiger partial charge in [0.2, 0.25) is 5.91 Å². The average Bonchev–Trinajstić information content (AvgIpc) is 3.06. The summed E-state index contributed by atoms with van der Waals surface area (Å²) in [4.78, 5) is 27.0. The van der Waals surface area contributed by atoms with Crippen molar-refractivity contribution in [1.29, 1.82) is 0 Å². The van der Waals surface area contributed by atoms with E-state index in [-0.39, 0.29) is 30.3 Å². The number of carbonyl (C=O) groups is 2. The first-order valence-corrected chi connectivity index (χ1v) is 15.0. The number of halogens is 3. The number of hydrogen-bond acceptors (Lipinski definition) is 5. The molecule has 1 atom stereocenters. The SMILES string of the molecule is CCC(NCc1ccccc1F)C(=O)NC(=O)c1ccc(-c2ccccc2)cc1-c1ccc(Cl)cc1Oc1cccc(CN)c1.Cl. The molecule has 2 amide bonds. The molecule has 0 saturated heterocycles. The third kappa shape index (κ3) is 8.38. The van der Waals surface area contributed by atoms with Gasteiger partial charge in [0.15, 0.2) is 0 Å². The van der Waals surface area contributed by atoms with Gasteiger partial charge in [0.1, 0.15) is 17.3 Å². The maximum absolute atomic E-state index is 14.2. The van der Waals surface area contributed by atoms with Crippen molar-refractivity contribution in [3.05, 3.63) is 143 Å². The van der Waals surface area contributed by atoms with Gasteiger partial charge in [-0.2, -0.15) is 0 Å². The fourth-order valence-electron chi connectivity index (χ4n) is 5.00. The van der Waals surface area contributed by atoms with Crippen LogP contribution < -0.4 is 21.1 Å². The van der Waals surface area contributed by atoms with E-state index >= 15 is 0 Å². The second kappa shape index (κ2) is 16.2. The van der Waals surface area contributed by atoms with Gasteiger partial charge in [0.25, 0.3) is 5.91 Å². The maximum Gasteiger partial charge on any atom is 0.258 e. The predicted octanol–water partition coefficient (Wildman–Crippen LogP) is 8.31. The summed E-state index contributed by atoms with van der Waals surface area (Å²) in [5.74, 6) is -0.459. The van der Waals surface area contributed by atoms with Crippen LogP contribution in [0.4, 0.5) is 4.39 Å². The van der Waals surface area contributed by atoms with Crippen LogP contribution in [0.2, 0.25) is 5.02 Å². The van der Waals surface area contributed by atoms with Crippen LogP contribution >= 0.6 is 24.0 Å². The molecule has 0 heterocycles. The van der Waals surface area contributed by atoms with Crippen LogP contribution in [0.5, 0.6) is 11.5 Å². The highest BCUT2D eigenvalue weighted by atomic mass is 35.5. The van der Waals surface area contributed by atoms with E-state index in [4.69, 9.17) is 22.1 Å². The minimum atomic E-state index is -0.718. The average molecular weight is 659 g/mol. The first-order chi connectivity index (χ1) is 21.9. The summed E-state index contributed by atoms with van der Waals surface area (Å²) in [5.41, 5.74) is 10.4. The van der Waals surface area contributed by atoms with Gasteiger partial charge in [-0.3, -0.25) is 14.9 Å². The van der Waals surface area contributed by atoms with E-state index in [9.17, 15) is 14.0 Å². The fourth-order valence-corrected chi connectivity index (χ4v) is 5.17. The summed E-state index contributed by atoms with van der Waals surface area (Å²) >= 11 is 6.41. The molecule has 236 valence electrons. The summed E-state index contributed by atoms with van der Waals surface area (Å²) in [5, 5.41) is 6.07. The smallest absolute Gasteiger partial charge is 0.258 e. The number of rotatable bonds is 11. The van der Waals surface area contributed by atoms with Crippen molar-refractivity contribution in [3.63, 3.8) is 0 Å². The van der Waals surface area contributed by atoms with E-state index < -0.39 is 17.9 Å². The monoisotopic (exact) mass is 657 g/mol. The largest absolute Gasteiger partial charge is 0.457 e. The van der Waals surface area contributed by atoms with E-state index in [0.717, 1.165) is 16.7 Å². The summed E-state index contributed by atoms with van der Waals surface area (Å²) in [7, 11) is 0. The number of benzene rings is 5. The molecule has 5 aromatic rings. The molecule has 0 aromatic heterocycles. The third-order valence-electron chi connectivity index (χ3n) is 7.43. The quantitative estimate of drug-likeness (QED) is 0.133. The summed E-state index contributed by atoms with van der Waals surface area (Å²) in [6, 6.07) is 33.5. The number of nitrogens with two attached hydrogens (primary N) is 1. The van der Waals surface area contributed by atoms with E-state index in [1.54, 1.807) is 42.5 Å². The van der Waals surface area contributed by atoms with Crippen molar-refractivity contribution in [2.45, 2.75) is 32.5 Å². The highest BCUT2D eigenvalue weighted by Gasteiger charge is 2.23. The molecule has 0 spiro atoms. The molecule has 0 aliphatic rings. The lowest BCUT2D eigenvalue weighted by Crippen LogP contribution is -2.45.